The number of hydrogen-bond acceptors (Lipinski definition) is 5. The molecule has 0 aliphatic carbocycles. The standard InChI is InChI=1S/C11H14N6O.H2/c12-11(18)9(16-13)6-14-5-8-7-17-4-2-1-3-10(17)15-8;/h1-4,6-7,14,16H,5,13H2,(H2,12,18);1H/b9-6-;. The minimum Gasteiger partial charge on any atom is -0.383 e. The quantitative estimate of drug-likeness (QED) is 0.323. The molecule has 0 spiro atoms. The second-order valence-corrected chi connectivity index (χ2v) is 3.65. The molecule has 0 bridgehead atoms. The van der Waals surface area contributed by atoms with Crippen LogP contribution in [0.3, 0.4) is 0 Å². The van der Waals surface area contributed by atoms with E-state index in [9.17, 15) is 4.79 Å². The van der Waals surface area contributed by atoms with E-state index in [2.05, 4.69) is 15.7 Å². The third kappa shape index (κ3) is 2.58. The molecule has 0 unspecified atom stereocenters. The highest BCUT2D eigenvalue weighted by atomic mass is 16.1. The first kappa shape index (κ1) is 11.9. The number of nitrogens with two attached hydrogens (primary N) is 2. The second-order valence-electron chi connectivity index (χ2n) is 3.65. The Labute approximate surface area is 105 Å². The lowest BCUT2D eigenvalue weighted by Crippen LogP contribution is -2.32. The van der Waals surface area contributed by atoms with Gasteiger partial charge in [-0.05, 0) is 12.1 Å². The highest BCUT2D eigenvalue weighted by molar-refractivity contribution is 5.90. The molecule has 0 radical (unpaired) electrons. The summed E-state index contributed by atoms with van der Waals surface area (Å²) in [5.74, 6) is 4.51. The maximum Gasteiger partial charge on any atom is 0.267 e. The molecule has 7 nitrogen and oxygen atoms in total. The summed E-state index contributed by atoms with van der Waals surface area (Å²) in [4.78, 5) is 15.2. The first-order valence-corrected chi connectivity index (χ1v) is 5.33. The fourth-order valence-electron chi connectivity index (χ4n) is 1.51. The number of nitrogens with one attached hydrogen (secondary N) is 2. The maximum absolute atomic E-state index is 10.9. The molecule has 2 aromatic rings. The summed E-state index contributed by atoms with van der Waals surface area (Å²) in [6.45, 7) is 0.472. The molecule has 0 aliphatic rings. The number of pyridine rings is 1. The minimum atomic E-state index is -0.625. The van der Waals surface area contributed by atoms with Gasteiger partial charge in [0.2, 0.25) is 0 Å². The Kier molecular flexibility index (Phi) is 3.44. The van der Waals surface area contributed by atoms with Crippen molar-refractivity contribution in [2.75, 3.05) is 0 Å². The van der Waals surface area contributed by atoms with Crippen LogP contribution in [-0.2, 0) is 11.3 Å². The number of primary amides is 1. The lowest BCUT2D eigenvalue weighted by atomic mass is 10.4. The van der Waals surface area contributed by atoms with E-state index in [-0.39, 0.29) is 7.12 Å². The number of carbonyl (C=O) groups is 1. The number of hydrogen-bond donors (Lipinski definition) is 4. The van der Waals surface area contributed by atoms with Gasteiger partial charge in [0.15, 0.2) is 0 Å². The van der Waals surface area contributed by atoms with Crippen molar-refractivity contribution < 1.29 is 6.22 Å². The van der Waals surface area contributed by atoms with E-state index >= 15 is 0 Å². The lowest BCUT2D eigenvalue weighted by Gasteiger charge is -2.02. The van der Waals surface area contributed by atoms with Gasteiger partial charge in [-0.25, -0.2) is 4.98 Å². The third-order valence-electron chi connectivity index (χ3n) is 2.36. The Morgan fingerprint density at radius 2 is 2.39 bits per heavy atom. The fraction of sp³-hybridized carbons (Fsp3) is 0.0909. The van der Waals surface area contributed by atoms with Crippen LogP contribution in [0.5, 0.6) is 0 Å². The van der Waals surface area contributed by atoms with Crippen LogP contribution in [0.25, 0.3) is 5.65 Å². The van der Waals surface area contributed by atoms with Gasteiger partial charge >= 0.3 is 0 Å². The lowest BCUT2D eigenvalue weighted by molar-refractivity contribution is -0.114. The highest BCUT2D eigenvalue weighted by Crippen LogP contribution is 2.03. The Morgan fingerprint density at radius 3 is 3.06 bits per heavy atom. The first-order valence-electron chi connectivity index (χ1n) is 5.33. The first-order chi connectivity index (χ1) is 8.70. The van der Waals surface area contributed by atoms with Gasteiger partial charge in [0.05, 0.1) is 12.2 Å². The van der Waals surface area contributed by atoms with Crippen molar-refractivity contribution in [3.63, 3.8) is 0 Å². The van der Waals surface area contributed by atoms with Crippen molar-refractivity contribution in [3.8, 4) is 0 Å². The van der Waals surface area contributed by atoms with Crippen LogP contribution in [-0.4, -0.2) is 15.3 Å². The third-order valence-corrected chi connectivity index (χ3v) is 2.36. The normalized spacial score (nSPS) is 11.5. The number of hydrazine groups is 1. The summed E-state index contributed by atoms with van der Waals surface area (Å²) < 4.78 is 1.91. The van der Waals surface area contributed by atoms with E-state index in [1.54, 1.807) is 0 Å². The smallest absolute Gasteiger partial charge is 0.267 e. The summed E-state index contributed by atoms with van der Waals surface area (Å²) in [5, 5.41) is 2.91. The largest absolute Gasteiger partial charge is 0.383 e. The predicted octanol–water partition coefficient (Wildman–Crippen LogP) is -0.540. The molecule has 0 saturated carbocycles. The topological polar surface area (TPSA) is 110 Å². The molecule has 0 aliphatic heterocycles. The van der Waals surface area contributed by atoms with Crippen molar-refractivity contribution >= 4 is 11.6 Å². The summed E-state index contributed by atoms with van der Waals surface area (Å²) in [6, 6.07) is 5.76. The van der Waals surface area contributed by atoms with Crippen LogP contribution >= 0.6 is 0 Å². The van der Waals surface area contributed by atoms with E-state index in [0.717, 1.165) is 11.3 Å². The molecule has 0 atom stereocenters. The molecule has 2 aromatic heterocycles. The molecule has 1 amide bonds. The van der Waals surface area contributed by atoms with Crippen LogP contribution in [0.1, 0.15) is 7.12 Å². The molecule has 0 aromatic carbocycles. The molecule has 6 N–H and O–H groups in total. The Bertz CT molecular complexity index is 561. The number of carbonyl (C=O) groups excluding carboxylic acids is 1. The average Bonchev–Trinajstić information content (AvgIpc) is 2.76. The SMILES string of the molecule is NN/C(=C\NCc1cn2ccccc2n1)C(N)=O.[HH]. The van der Waals surface area contributed by atoms with Gasteiger partial charge in [-0.15, -0.1) is 0 Å². The van der Waals surface area contributed by atoms with Gasteiger partial charge in [-0.1, -0.05) is 6.07 Å². The van der Waals surface area contributed by atoms with Crippen molar-refractivity contribution in [1.82, 2.24) is 20.1 Å². The molecule has 18 heavy (non-hydrogen) atoms. The molecular weight excluding hydrogens is 232 g/mol. The average molecular weight is 248 g/mol. The Balaban J connectivity index is 0.00000180. The van der Waals surface area contributed by atoms with Crippen molar-refractivity contribution in [3.05, 3.63) is 48.2 Å². The number of amides is 1. The van der Waals surface area contributed by atoms with Crippen molar-refractivity contribution in [2.45, 2.75) is 6.54 Å². The monoisotopic (exact) mass is 248 g/mol. The summed E-state index contributed by atoms with van der Waals surface area (Å²) in [5.41, 5.74) is 9.11. The molecule has 0 fully saturated rings. The minimum absolute atomic E-state index is 0. The van der Waals surface area contributed by atoms with Crippen molar-refractivity contribution in [2.24, 2.45) is 11.6 Å². The summed E-state index contributed by atoms with van der Waals surface area (Å²) in [6.07, 6.45) is 5.24. The second kappa shape index (κ2) is 5.19. The predicted molar refractivity (Wildman–Crippen MR) is 68.7 cm³/mol. The van der Waals surface area contributed by atoms with Crippen LogP contribution in [0, 0.1) is 0 Å². The fourth-order valence-corrected chi connectivity index (χ4v) is 1.51. The van der Waals surface area contributed by atoms with Gasteiger partial charge in [-0.2, -0.15) is 0 Å². The van der Waals surface area contributed by atoms with E-state index in [1.807, 2.05) is 35.0 Å². The zero-order valence-corrected chi connectivity index (χ0v) is 9.63. The van der Waals surface area contributed by atoms with Gasteiger partial charge in [0, 0.05) is 20.0 Å². The van der Waals surface area contributed by atoms with Crippen LogP contribution in [0.2, 0.25) is 0 Å². The van der Waals surface area contributed by atoms with Gasteiger partial charge < -0.3 is 20.9 Å². The van der Waals surface area contributed by atoms with Crippen LogP contribution in [0.15, 0.2) is 42.5 Å². The zero-order valence-electron chi connectivity index (χ0n) is 9.63. The van der Waals surface area contributed by atoms with Gasteiger partial charge in [0.1, 0.15) is 11.3 Å². The number of nitrogens with zero attached hydrogens (tertiary/aromatic N) is 2. The molecule has 7 heteroatoms. The van der Waals surface area contributed by atoms with E-state index < -0.39 is 5.91 Å². The number of fused-ring (bicyclic) bond motifs is 1. The summed E-state index contributed by atoms with van der Waals surface area (Å²) >= 11 is 0. The maximum atomic E-state index is 10.9. The van der Waals surface area contributed by atoms with Gasteiger partial charge in [0.25, 0.3) is 5.91 Å². The molecule has 2 rings (SSSR count). The van der Waals surface area contributed by atoms with Crippen LogP contribution in [0.4, 0.5) is 0 Å². The summed E-state index contributed by atoms with van der Waals surface area (Å²) in [7, 11) is 0. The van der Waals surface area contributed by atoms with Gasteiger partial charge in [-0.3, -0.25) is 10.6 Å². The van der Waals surface area contributed by atoms with Crippen LogP contribution < -0.4 is 22.3 Å². The Hall–Kier alpha value is -2.54. The van der Waals surface area contributed by atoms with Crippen molar-refractivity contribution in [1.29, 1.82) is 0 Å². The zero-order chi connectivity index (χ0) is 13.0. The molecule has 96 valence electrons. The van der Waals surface area contributed by atoms with E-state index in [0.29, 0.717) is 6.54 Å². The number of rotatable bonds is 5. The van der Waals surface area contributed by atoms with E-state index in [1.165, 1.54) is 6.20 Å². The highest BCUT2D eigenvalue weighted by Gasteiger charge is 2.02. The molecule has 2 heterocycles. The Morgan fingerprint density at radius 1 is 1.56 bits per heavy atom. The number of aromatic nitrogens is 2. The number of imidazole rings is 1. The van der Waals surface area contributed by atoms with E-state index in [4.69, 9.17) is 11.6 Å². The molecular formula is C11H16N6O. The molecule has 0 saturated heterocycles.